The van der Waals surface area contributed by atoms with Crippen LogP contribution in [0.25, 0.3) is 21.1 Å². The molecule has 2 radical (unpaired) electrons. The smallest absolute Gasteiger partial charge is 1.00 e. The molecule has 7 aromatic rings. The molecule has 22 nitrogen and oxygen atoms in total. The number of carbonyl (C=O) groups excluding carboxylic acids is 3. The van der Waals surface area contributed by atoms with Gasteiger partial charge in [0.2, 0.25) is 29.3 Å². The minimum Gasteiger partial charge on any atom is -1.00 e. The Morgan fingerprint density at radius 2 is 0.932 bits per heavy atom. The summed E-state index contributed by atoms with van der Waals surface area (Å²) in [6, 6.07) is 0. The molecule has 7 heterocycles. The molecular formula is C33H33BBr3Cs2F9N14O8S4. The van der Waals surface area contributed by atoms with Crippen LogP contribution in [0.3, 0.4) is 0 Å². The number of nitrogen functional groups attached to an aromatic ring is 2. The average molecular weight is 1570 g/mol. The van der Waals surface area contributed by atoms with Crippen LogP contribution < -0.4 is 171 Å². The van der Waals surface area contributed by atoms with Crippen molar-refractivity contribution < 1.29 is 219 Å². The van der Waals surface area contributed by atoms with Gasteiger partial charge in [0.15, 0.2) is 7.83 Å². The maximum Gasteiger partial charge on any atom is 1.00 e. The van der Waals surface area contributed by atoms with Gasteiger partial charge in [-0.25, -0.2) is 49.8 Å². The van der Waals surface area contributed by atoms with E-state index in [1.165, 1.54) is 59.2 Å². The van der Waals surface area contributed by atoms with E-state index in [9.17, 15) is 49.1 Å². The molecule has 0 aliphatic carbocycles. The number of nitrogens with one attached hydrogen (secondary N) is 2. The molecular weight excluding hydrogens is 1540 g/mol. The third kappa shape index (κ3) is 34.5. The molecule has 41 heteroatoms. The number of alkyl halides is 9. The number of aromatic nitrogens is 10. The van der Waals surface area contributed by atoms with Crippen molar-refractivity contribution in [1.29, 1.82) is 0 Å². The van der Waals surface area contributed by atoms with Crippen LogP contribution in [0.5, 0.6) is 0 Å². The predicted molar refractivity (Wildman–Crippen MR) is 260 cm³/mol. The van der Waals surface area contributed by atoms with Crippen LogP contribution in [0.2, 0.25) is 0 Å². The van der Waals surface area contributed by atoms with Crippen LogP contribution in [0, 0.1) is 0 Å². The van der Waals surface area contributed by atoms with Crippen LogP contribution in [0.4, 0.5) is 62.8 Å². The fourth-order valence-electron chi connectivity index (χ4n) is 3.47. The van der Waals surface area contributed by atoms with Crippen molar-refractivity contribution in [3.63, 3.8) is 0 Å². The minimum atomic E-state index is -4.57. The molecule has 0 spiro atoms. The number of aliphatic hydroxyl groups is 1. The van der Waals surface area contributed by atoms with E-state index < -0.39 is 36.0 Å². The molecule has 0 fully saturated rings. The van der Waals surface area contributed by atoms with Crippen molar-refractivity contribution in [3.05, 3.63) is 84.0 Å². The minimum absolute atomic E-state index is 0. The van der Waals surface area contributed by atoms with Gasteiger partial charge in [-0.3, -0.25) is 14.4 Å². The van der Waals surface area contributed by atoms with Crippen LogP contribution in [-0.2, 0) is 37.8 Å². The molecule has 2 amide bonds. The Morgan fingerprint density at radius 3 is 1.20 bits per heavy atom. The van der Waals surface area contributed by atoms with Gasteiger partial charge in [0.25, 0.3) is 6.47 Å². The van der Waals surface area contributed by atoms with Crippen LogP contribution in [0.1, 0.15) is 32.7 Å². The maximum absolute atomic E-state index is 12.3. The second-order valence-corrected chi connectivity index (χ2v) is 17.1. The van der Waals surface area contributed by atoms with E-state index in [2.05, 4.69) is 97.2 Å². The first-order valence-electron chi connectivity index (χ1n) is 17.0. The Bertz CT molecular complexity index is 2630. The number of nitrogens with two attached hydrogens (primary N) is 2. The van der Waals surface area contributed by atoms with Gasteiger partial charge in [0.1, 0.15) is 41.1 Å². The second kappa shape index (κ2) is 41.6. The van der Waals surface area contributed by atoms with Crippen molar-refractivity contribution in [2.75, 3.05) is 29.2 Å². The van der Waals surface area contributed by atoms with Gasteiger partial charge in [-0.2, -0.15) is 39.5 Å². The molecule has 0 unspecified atom stereocenters. The van der Waals surface area contributed by atoms with Crippen molar-refractivity contribution in [3.8, 4) is 21.1 Å². The molecule has 7 aromatic heterocycles. The summed E-state index contributed by atoms with van der Waals surface area (Å²) in [6.45, 7) is 2.60. The first-order valence-corrected chi connectivity index (χ1v) is 22.1. The number of hydrogen-bond donors (Lipinski definition) is 5. The average Bonchev–Trinajstić information content (AvgIpc) is 4.11. The summed E-state index contributed by atoms with van der Waals surface area (Å²) < 4.78 is 110. The van der Waals surface area contributed by atoms with Crippen molar-refractivity contribution in [2.45, 2.75) is 32.4 Å². The van der Waals surface area contributed by atoms with Crippen molar-refractivity contribution in [2.24, 2.45) is 0 Å². The predicted octanol–water partition coefficient (Wildman–Crippen LogP) is -0.488. The van der Waals surface area contributed by atoms with E-state index in [4.69, 9.17) is 34.5 Å². The summed E-state index contributed by atoms with van der Waals surface area (Å²) in [5.74, 6) is -2.07. The van der Waals surface area contributed by atoms with Gasteiger partial charge >= 0.3 is 156 Å². The van der Waals surface area contributed by atoms with E-state index >= 15 is 0 Å². The molecule has 0 aliphatic rings. The second-order valence-electron chi connectivity index (χ2n) is 11.1. The van der Waals surface area contributed by atoms with E-state index in [-0.39, 0.29) is 191 Å². The molecule has 0 saturated carbocycles. The number of halogens is 12. The number of rotatable bonds is 5. The largest absolute Gasteiger partial charge is 1.00 e. The molecule has 396 valence electrons. The van der Waals surface area contributed by atoms with E-state index in [1.807, 2.05) is 0 Å². The summed E-state index contributed by atoms with van der Waals surface area (Å²) in [6.07, 6.45) is -7.51. The first-order chi connectivity index (χ1) is 32.2. The van der Waals surface area contributed by atoms with E-state index in [1.54, 1.807) is 21.5 Å². The molecule has 0 aromatic carbocycles. The molecule has 0 atom stereocenters. The monoisotopic (exact) mass is 1570 g/mol. The van der Waals surface area contributed by atoms with Gasteiger partial charge in [-0.1, -0.05) is 5.46 Å². The van der Waals surface area contributed by atoms with Crippen molar-refractivity contribution in [1.82, 2.24) is 49.8 Å². The van der Waals surface area contributed by atoms with Gasteiger partial charge in [-0.05, 0) is 31.9 Å². The summed E-state index contributed by atoms with van der Waals surface area (Å²) in [5, 5.41) is 28.1. The Morgan fingerprint density at radius 1 is 0.635 bits per heavy atom. The van der Waals surface area contributed by atoms with E-state index in [0.29, 0.717) is 44.4 Å². The Balaban J connectivity index is -0.000000195. The summed E-state index contributed by atoms with van der Waals surface area (Å²) in [4.78, 5) is 67.2. The van der Waals surface area contributed by atoms with Crippen LogP contribution >= 0.6 is 94.2 Å². The standard InChI is InChI=1S/C10H7F3N4OS.C8H5F3N4S.C5H2BF3N2.C5H5BrN2OS.C3H3BrN2S.CH2O3.CH4O.BrH.2Cs.2H2O.H/c1-5(18)16-7-4-19-8(17-7)6-2-14-9(15-3-6)10(11,12)13;9-8(10,11)7-13-1-4(2-14-7)6-15-5(12)3-16-6;6-3-1-10-4(11-2-3)5(7,8)9;1-3(9)7-4-2-10-5(6)8-4;4-3-6-2(5)1-7-3;2-1-4-3;1-2;;;;;;/h2-4H,1H3,(H,16,18);1-3H,12H2;1-2H;2H,1H3,(H,7,9);1H,5H2;1,3H;2H,1H3;1H;;;2*1H2;/q;;;;;;;;2*+1;;;-1/p-1. The number of hydrogen-bond acceptors (Lipinski definition) is 22. The molecule has 0 aliphatic heterocycles. The quantitative estimate of drug-likeness (QED) is 0.0477. The molecule has 11 N–H and O–H groups in total. The Labute approximate surface area is 575 Å². The summed E-state index contributed by atoms with van der Waals surface area (Å²) in [7, 11) is 6.08. The zero-order chi connectivity index (χ0) is 52.5. The zero-order valence-corrected chi connectivity index (χ0v) is 58.5. The fraction of sp³-hybridized carbons (Fsp3) is 0.182. The van der Waals surface area contributed by atoms with Crippen LogP contribution in [0.15, 0.2) is 66.5 Å². The third-order valence-electron chi connectivity index (χ3n) is 5.87. The first kappa shape index (κ1) is 81.4. The maximum atomic E-state index is 12.3. The number of thiazole rings is 4. The fourth-order valence-corrected chi connectivity index (χ4v) is 6.74. The number of amides is 2. The molecule has 7 rings (SSSR count). The van der Waals surface area contributed by atoms with Gasteiger partial charge < -0.3 is 49.7 Å². The topological polar surface area (TPSA) is 372 Å². The zero-order valence-electron chi connectivity index (χ0n) is 38.7. The van der Waals surface area contributed by atoms with Gasteiger partial charge in [0.05, 0.1) is 0 Å². The Hall–Kier alpha value is -1.41. The number of nitrogens with zero attached hydrogens (tertiary/aromatic N) is 10. The van der Waals surface area contributed by atoms with Crippen LogP contribution in [-0.4, -0.2) is 99.1 Å². The van der Waals surface area contributed by atoms with E-state index in [0.717, 1.165) is 52.1 Å². The summed E-state index contributed by atoms with van der Waals surface area (Å²) >= 11 is 11.6. The molecule has 74 heavy (non-hydrogen) atoms. The normalized spacial score (nSPS) is 9.68. The molecule has 0 saturated heterocycles. The van der Waals surface area contributed by atoms with Crippen molar-refractivity contribution >= 4 is 149 Å². The van der Waals surface area contributed by atoms with Gasteiger partial charge in [-0.15, -0.1) is 62.3 Å². The molecule has 0 bridgehead atoms. The number of aliphatic hydroxyl groups excluding tert-OH is 1. The number of anilines is 4. The number of carbonyl (C=O) groups is 3. The Kier molecular flexibility index (Phi) is 45.8. The van der Waals surface area contributed by atoms with Gasteiger partial charge in [0, 0.05) is 90.8 Å². The SMILES string of the molecule is Br.CC(=O)Nc1csc(-c2cnc(C(F)(F)F)nc2)n1.CC(=O)Nc1csc(Br)n1.CO.Nc1csc(-c2cnc(C(F)(F)F)nc2)n1.Nc1csc(Br)n1.O.O.O=CO[O-].[B]c1cnc(C(F)(F)F)nc1.[Cs+].[Cs+].[H-]. The third-order valence-corrected chi connectivity index (χ3v) is 10.4. The summed E-state index contributed by atoms with van der Waals surface area (Å²) in [5.41, 5.74) is 11.5.